The van der Waals surface area contributed by atoms with Gasteiger partial charge in [0, 0.05) is 18.8 Å². The third kappa shape index (κ3) is 11.6. The van der Waals surface area contributed by atoms with E-state index in [9.17, 15) is 9.59 Å². The highest BCUT2D eigenvalue weighted by Gasteiger charge is 2.28. The maximum atomic E-state index is 13.2. The first kappa shape index (κ1) is 31.7. The van der Waals surface area contributed by atoms with Gasteiger partial charge in [-0.25, -0.2) is 0 Å². The molecule has 1 aromatic carbocycles. The second-order valence-electron chi connectivity index (χ2n) is 10.6. The predicted molar refractivity (Wildman–Crippen MR) is 152 cm³/mol. The quantitative estimate of drug-likeness (QED) is 0.290. The van der Waals surface area contributed by atoms with Crippen LogP contribution >= 0.6 is 0 Å². The summed E-state index contributed by atoms with van der Waals surface area (Å²) in [4.78, 5) is 28.3. The number of carbonyl (C=O) groups excluding carboxylic acids is 2. The van der Waals surface area contributed by atoms with Gasteiger partial charge in [-0.1, -0.05) is 78.3 Å². The average molecular weight is 501 g/mol. The van der Waals surface area contributed by atoms with Gasteiger partial charge in [0.2, 0.25) is 11.8 Å². The van der Waals surface area contributed by atoms with Crippen molar-refractivity contribution >= 4 is 11.8 Å². The van der Waals surface area contributed by atoms with Crippen LogP contribution in [0, 0.1) is 11.8 Å². The van der Waals surface area contributed by atoms with Crippen molar-refractivity contribution < 1.29 is 9.59 Å². The van der Waals surface area contributed by atoms with Gasteiger partial charge in [0.15, 0.2) is 0 Å². The van der Waals surface area contributed by atoms with Gasteiger partial charge in [-0.05, 0) is 69.2 Å². The molecule has 2 amide bonds. The van der Waals surface area contributed by atoms with Gasteiger partial charge in [-0.2, -0.15) is 0 Å². The van der Waals surface area contributed by atoms with Gasteiger partial charge in [0.25, 0.3) is 0 Å². The van der Waals surface area contributed by atoms with Crippen LogP contribution in [-0.2, 0) is 22.4 Å². The summed E-state index contributed by atoms with van der Waals surface area (Å²) in [6.45, 7) is 13.6. The van der Waals surface area contributed by atoms with Gasteiger partial charge in [0.1, 0.15) is 12.1 Å². The van der Waals surface area contributed by atoms with Crippen LogP contribution in [0.1, 0.15) is 78.4 Å². The molecule has 6 nitrogen and oxygen atoms in total. The van der Waals surface area contributed by atoms with Crippen molar-refractivity contribution in [3.05, 3.63) is 47.2 Å². The number of allylic oxidation sites excluding steroid dienone is 2. The summed E-state index contributed by atoms with van der Waals surface area (Å²) >= 11 is 0. The van der Waals surface area contributed by atoms with Gasteiger partial charge in [-0.3, -0.25) is 9.59 Å². The summed E-state index contributed by atoms with van der Waals surface area (Å²) in [7, 11) is 3.83. The number of rotatable bonds is 17. The van der Waals surface area contributed by atoms with E-state index < -0.39 is 12.1 Å². The van der Waals surface area contributed by atoms with E-state index in [2.05, 4.69) is 74.0 Å². The number of carbonyl (C=O) groups is 2. The van der Waals surface area contributed by atoms with Crippen molar-refractivity contribution in [3.63, 3.8) is 0 Å². The minimum atomic E-state index is -0.611. The molecule has 2 unspecified atom stereocenters. The maximum Gasteiger partial charge on any atom is 0.243 e. The lowest BCUT2D eigenvalue weighted by atomic mass is 9.94. The molecule has 3 atom stereocenters. The average Bonchev–Trinajstić information content (AvgIpc) is 2.83. The third-order valence-corrected chi connectivity index (χ3v) is 6.41. The molecule has 3 N–H and O–H groups in total. The molecule has 36 heavy (non-hydrogen) atoms. The number of unbranched alkanes of at least 4 members (excludes halogenated alkanes) is 1. The predicted octanol–water partition coefficient (Wildman–Crippen LogP) is 4.69. The summed E-state index contributed by atoms with van der Waals surface area (Å²) in [5.41, 5.74) is 3.84. The van der Waals surface area contributed by atoms with Crippen molar-refractivity contribution in [2.75, 3.05) is 27.2 Å². The molecule has 0 aliphatic heterocycles. The van der Waals surface area contributed by atoms with Gasteiger partial charge >= 0.3 is 0 Å². The highest BCUT2D eigenvalue weighted by molar-refractivity contribution is 5.90. The van der Waals surface area contributed by atoms with Crippen molar-refractivity contribution in [2.24, 2.45) is 11.8 Å². The maximum absolute atomic E-state index is 13.2. The van der Waals surface area contributed by atoms with Gasteiger partial charge in [0.05, 0.1) is 0 Å². The molecule has 0 heterocycles. The first-order chi connectivity index (χ1) is 17.1. The second-order valence-corrected chi connectivity index (χ2v) is 10.6. The number of aryl methyl sites for hydroxylation is 1. The smallest absolute Gasteiger partial charge is 0.243 e. The highest BCUT2D eigenvalue weighted by Crippen LogP contribution is 2.16. The monoisotopic (exact) mass is 500 g/mol. The Morgan fingerprint density at radius 3 is 2.19 bits per heavy atom. The molecule has 0 fully saturated rings. The molecule has 1 aromatic rings. The van der Waals surface area contributed by atoms with Crippen molar-refractivity contribution in [3.8, 4) is 0 Å². The largest absolute Gasteiger partial charge is 0.377 e. The molecule has 0 aliphatic carbocycles. The Morgan fingerprint density at radius 1 is 0.972 bits per heavy atom. The number of benzene rings is 1. The van der Waals surface area contributed by atoms with Gasteiger partial charge in [-0.15, -0.1) is 0 Å². The molecule has 0 saturated heterocycles. The molecule has 0 bridgehead atoms. The van der Waals surface area contributed by atoms with Crippen LogP contribution in [0.15, 0.2) is 36.0 Å². The number of nitrogens with zero attached hydrogens (tertiary/aromatic N) is 1. The fourth-order valence-electron chi connectivity index (χ4n) is 4.32. The Morgan fingerprint density at radius 2 is 1.64 bits per heavy atom. The van der Waals surface area contributed by atoms with Crippen LogP contribution in [0.2, 0.25) is 0 Å². The molecule has 0 aliphatic rings. The fourth-order valence-corrected chi connectivity index (χ4v) is 4.32. The van der Waals surface area contributed by atoms with E-state index >= 15 is 0 Å². The van der Waals surface area contributed by atoms with Gasteiger partial charge < -0.3 is 20.9 Å². The topological polar surface area (TPSA) is 73.5 Å². The third-order valence-electron chi connectivity index (χ3n) is 6.41. The molecular formula is C30H52N4O2. The lowest BCUT2D eigenvalue weighted by molar-refractivity contribution is -0.131. The minimum Gasteiger partial charge on any atom is -0.377 e. The second kappa shape index (κ2) is 17.2. The normalized spacial score (nSPS) is 14.4. The van der Waals surface area contributed by atoms with Crippen LogP contribution in [-0.4, -0.2) is 56.0 Å². The standard InChI is InChI=1S/C30H52N4O2/c1-9-12-16-24-17-13-14-18-25(24)19-23(6)20-31-29(35)27(21-34(7)8)33-30(36)28(22(4)5)32-26(11-3)15-10-2/h13-15,17-18,22-23,27-28,32H,9-12,16,19-21H2,1-8H3,(H,31,35)(H,33,36)/b26-15+/t23-,27?,28?/m1/s1. The van der Waals surface area contributed by atoms with E-state index in [0.29, 0.717) is 19.0 Å². The summed E-state index contributed by atoms with van der Waals surface area (Å²) in [5, 5.41) is 9.53. The summed E-state index contributed by atoms with van der Waals surface area (Å²) in [6, 6.07) is 7.62. The fraction of sp³-hybridized carbons (Fsp3) is 0.667. The molecular weight excluding hydrogens is 448 g/mol. The molecule has 0 saturated carbocycles. The molecule has 6 heteroatoms. The molecule has 204 valence electrons. The summed E-state index contributed by atoms with van der Waals surface area (Å²) < 4.78 is 0. The van der Waals surface area contributed by atoms with E-state index in [0.717, 1.165) is 31.4 Å². The molecule has 0 radical (unpaired) electrons. The lowest BCUT2D eigenvalue weighted by Crippen LogP contribution is -2.57. The minimum absolute atomic E-state index is 0.0904. The Balaban J connectivity index is 2.82. The van der Waals surface area contributed by atoms with Crippen LogP contribution in [0.3, 0.4) is 0 Å². The lowest BCUT2D eigenvalue weighted by Gasteiger charge is -2.28. The molecule has 0 spiro atoms. The molecule has 0 aromatic heterocycles. The Labute approximate surface area is 220 Å². The van der Waals surface area contributed by atoms with E-state index in [1.165, 1.54) is 24.0 Å². The van der Waals surface area contributed by atoms with Crippen LogP contribution in [0.4, 0.5) is 0 Å². The Bertz CT molecular complexity index is 819. The number of nitrogens with one attached hydrogen (secondary N) is 3. The molecule has 1 rings (SSSR count). The zero-order valence-corrected chi connectivity index (χ0v) is 24.1. The van der Waals surface area contributed by atoms with E-state index in [4.69, 9.17) is 0 Å². The number of hydrogen-bond donors (Lipinski definition) is 3. The number of likely N-dealkylation sites (N-methyl/N-ethyl adjacent to an activating group) is 1. The highest BCUT2D eigenvalue weighted by atomic mass is 16.2. The number of hydrogen-bond acceptors (Lipinski definition) is 4. The van der Waals surface area contributed by atoms with Crippen molar-refractivity contribution in [1.82, 2.24) is 20.9 Å². The van der Waals surface area contributed by atoms with Crippen molar-refractivity contribution in [1.29, 1.82) is 0 Å². The zero-order valence-electron chi connectivity index (χ0n) is 24.1. The SMILES string of the molecule is CC/C=C(\CC)NC(C(=O)NC(CN(C)C)C(=O)NC[C@H](C)Cc1ccccc1CCCC)C(C)C. The first-order valence-electron chi connectivity index (χ1n) is 13.9. The van der Waals surface area contributed by atoms with E-state index in [1.807, 2.05) is 32.8 Å². The van der Waals surface area contributed by atoms with Crippen LogP contribution in [0.25, 0.3) is 0 Å². The number of amides is 2. The summed E-state index contributed by atoms with van der Waals surface area (Å²) in [6.07, 6.45) is 8.26. The first-order valence-corrected chi connectivity index (χ1v) is 13.9. The van der Waals surface area contributed by atoms with Crippen LogP contribution < -0.4 is 16.0 Å². The zero-order chi connectivity index (χ0) is 27.1. The van der Waals surface area contributed by atoms with Crippen LogP contribution in [0.5, 0.6) is 0 Å². The van der Waals surface area contributed by atoms with E-state index in [1.54, 1.807) is 0 Å². The Hall–Kier alpha value is -2.34. The van der Waals surface area contributed by atoms with Crippen molar-refractivity contribution in [2.45, 2.75) is 92.2 Å². The van der Waals surface area contributed by atoms with E-state index in [-0.39, 0.29) is 17.7 Å². The summed E-state index contributed by atoms with van der Waals surface area (Å²) in [5.74, 6) is 0.113. The Kier molecular flexibility index (Phi) is 15.1.